The predicted octanol–water partition coefficient (Wildman–Crippen LogP) is 17.6. The molecule has 0 amide bonds. The van der Waals surface area contributed by atoms with Gasteiger partial charge in [0.15, 0.2) is 5.78 Å². The van der Waals surface area contributed by atoms with E-state index in [0.717, 1.165) is 84.7 Å². The number of Topliss-reactive ketones (excluding diaryl/α,β-unsaturated/α-hetero) is 1. The Morgan fingerprint density at radius 1 is 0.500 bits per heavy atom. The van der Waals surface area contributed by atoms with E-state index in [9.17, 15) is 5.11 Å². The number of fused-ring (bicyclic) bond motifs is 13. The molecule has 3 aromatic heterocycles. The quantitative estimate of drug-likeness (QED) is 0.138. The summed E-state index contributed by atoms with van der Waals surface area (Å²) in [6.07, 6.45) is 7.51. The summed E-state index contributed by atoms with van der Waals surface area (Å²) in [4.78, 5) is 15.5. The van der Waals surface area contributed by atoms with E-state index in [-0.39, 0.29) is 27.6 Å². The fourth-order valence-corrected chi connectivity index (χ4v) is 16.0. The molecule has 0 aliphatic heterocycles. The van der Waals surface area contributed by atoms with Gasteiger partial charge in [-0.1, -0.05) is 151 Å². The van der Waals surface area contributed by atoms with Crippen molar-refractivity contribution >= 4 is 76.5 Å². The lowest BCUT2D eigenvalue weighted by Crippen LogP contribution is -2.39. The highest BCUT2D eigenvalue weighted by atomic mass is 16.3. The largest absolute Gasteiger partial charge is 0.388 e. The van der Waals surface area contributed by atoms with Gasteiger partial charge in [-0.05, 0) is 149 Å². The van der Waals surface area contributed by atoms with Crippen molar-refractivity contribution < 1.29 is 9.90 Å². The van der Waals surface area contributed by atoms with Gasteiger partial charge < -0.3 is 14.1 Å². The lowest BCUT2D eigenvalue weighted by molar-refractivity contribution is -0.0423. The highest BCUT2D eigenvalue weighted by molar-refractivity contribution is 6.37. The van der Waals surface area contributed by atoms with Crippen LogP contribution in [0.15, 0.2) is 146 Å². The summed E-state index contributed by atoms with van der Waals surface area (Å²) >= 11 is 0. The Morgan fingerprint density at radius 2 is 1.10 bits per heavy atom. The van der Waals surface area contributed by atoms with Crippen LogP contribution in [0.25, 0.3) is 98.6 Å². The Kier molecular flexibility index (Phi) is 8.62. The third kappa shape index (κ3) is 5.29. The van der Waals surface area contributed by atoms with Crippen LogP contribution >= 0.6 is 0 Å². The Morgan fingerprint density at radius 3 is 1.75 bits per heavy atom. The van der Waals surface area contributed by atoms with Gasteiger partial charge in [-0.15, -0.1) is 0 Å². The number of ketones is 1. The summed E-state index contributed by atoms with van der Waals surface area (Å²) < 4.78 is 5.17. The first-order chi connectivity index (χ1) is 34.9. The molecule has 8 aromatic carbocycles. The number of aliphatic hydroxyl groups excluding tert-OH is 1. The van der Waals surface area contributed by atoms with Crippen molar-refractivity contribution in [1.29, 1.82) is 0 Å². The summed E-state index contributed by atoms with van der Waals surface area (Å²) in [6, 6.07) is 54.8. The Bertz CT molecular complexity index is 4050. The molecule has 2 saturated carbocycles. The molecule has 1 atom stereocenters. The summed E-state index contributed by atoms with van der Waals surface area (Å²) in [5.74, 6) is 0.942. The monoisotopic (exact) mass is 938 g/mol. The minimum absolute atomic E-state index is 0.0605. The van der Waals surface area contributed by atoms with Crippen molar-refractivity contribution in [2.24, 2.45) is 22.7 Å². The number of benzene rings is 8. The molecule has 72 heavy (non-hydrogen) atoms. The second-order valence-electron chi connectivity index (χ2n) is 24.3. The molecule has 0 saturated heterocycles. The van der Waals surface area contributed by atoms with Crippen LogP contribution in [0.3, 0.4) is 0 Å². The van der Waals surface area contributed by atoms with Crippen LogP contribution in [-0.4, -0.2) is 19.9 Å². The van der Waals surface area contributed by atoms with E-state index in [2.05, 4.69) is 196 Å². The van der Waals surface area contributed by atoms with Gasteiger partial charge in [0.05, 0.1) is 39.4 Å². The zero-order valence-corrected chi connectivity index (χ0v) is 42.5. The van der Waals surface area contributed by atoms with Gasteiger partial charge in [0.25, 0.3) is 0 Å². The molecule has 17 rings (SSSR count). The second kappa shape index (κ2) is 14.5. The van der Waals surface area contributed by atoms with Crippen molar-refractivity contribution in [2.75, 3.05) is 0 Å². The smallest absolute Gasteiger partial charge is 0.169 e. The molecule has 11 aromatic rings. The number of aliphatic hydroxyl groups is 1. The fourth-order valence-electron chi connectivity index (χ4n) is 16.0. The van der Waals surface area contributed by atoms with Gasteiger partial charge in [-0.2, -0.15) is 0 Å². The molecule has 6 aliphatic rings. The third-order valence-electron chi connectivity index (χ3n) is 20.5. The number of nitrogens with zero attached hydrogens (tertiary/aromatic N) is 2. The highest BCUT2D eigenvalue weighted by Crippen LogP contribution is 2.63. The van der Waals surface area contributed by atoms with Crippen LogP contribution in [0.5, 0.6) is 0 Å². The van der Waals surface area contributed by atoms with Crippen molar-refractivity contribution in [2.45, 2.75) is 110 Å². The molecule has 4 bridgehead atoms. The summed E-state index contributed by atoms with van der Waals surface area (Å²) in [7, 11) is 0. The SMILES string of the molecule is CC(C)C12CCC(C)(CC1)c1cc3c4cc5c(c6cccc7cccc(c76)n5-c5c(-c6ccccc6)cccc5-c5ccccc5)c5c6cc7c(cc6n(c3cc1C2=O)c45)C(O)C1(C(C)C)CCC7(C)CC1. The molecular weight excluding hydrogens is 877 g/mol. The number of para-hydroxylation sites is 1. The van der Waals surface area contributed by atoms with Crippen molar-refractivity contribution in [3.05, 3.63) is 168 Å². The molecule has 4 heteroatoms. The molecule has 3 heterocycles. The van der Waals surface area contributed by atoms with Crippen LogP contribution in [-0.2, 0) is 10.8 Å². The van der Waals surface area contributed by atoms with Gasteiger partial charge >= 0.3 is 0 Å². The van der Waals surface area contributed by atoms with Crippen molar-refractivity contribution in [1.82, 2.24) is 8.97 Å². The molecular formula is C68H62N2O2. The van der Waals surface area contributed by atoms with Crippen LogP contribution in [0.4, 0.5) is 0 Å². The fraction of sp³-hybridized carbons (Fsp3) is 0.309. The average Bonchev–Trinajstić information content (AvgIpc) is 3.81. The second-order valence-corrected chi connectivity index (χ2v) is 24.3. The Hall–Kier alpha value is -6.75. The van der Waals surface area contributed by atoms with Crippen LogP contribution in [0, 0.1) is 22.7 Å². The Balaban J connectivity index is 1.19. The van der Waals surface area contributed by atoms with Gasteiger partial charge in [0.2, 0.25) is 0 Å². The molecule has 2 fully saturated rings. The Labute approximate surface area is 421 Å². The predicted molar refractivity (Wildman–Crippen MR) is 299 cm³/mol. The maximum absolute atomic E-state index is 15.5. The van der Waals surface area contributed by atoms with Crippen LogP contribution < -0.4 is 0 Å². The first-order valence-corrected chi connectivity index (χ1v) is 27.0. The van der Waals surface area contributed by atoms with E-state index in [0.29, 0.717) is 11.7 Å². The molecule has 6 aliphatic carbocycles. The first kappa shape index (κ1) is 42.9. The number of hydrogen-bond donors (Lipinski definition) is 1. The topological polar surface area (TPSA) is 46.6 Å². The first-order valence-electron chi connectivity index (χ1n) is 27.0. The molecule has 1 N–H and O–H groups in total. The third-order valence-corrected chi connectivity index (χ3v) is 20.5. The summed E-state index contributed by atoms with van der Waals surface area (Å²) in [5.41, 5.74) is 15.5. The van der Waals surface area contributed by atoms with E-state index < -0.39 is 6.10 Å². The van der Waals surface area contributed by atoms with Crippen LogP contribution in [0.2, 0.25) is 0 Å². The van der Waals surface area contributed by atoms with Gasteiger partial charge in [-0.3, -0.25) is 4.79 Å². The van der Waals surface area contributed by atoms with Gasteiger partial charge in [0, 0.05) is 59.8 Å². The number of hydrogen-bond acceptors (Lipinski definition) is 2. The number of pyridine rings is 1. The number of aromatic nitrogens is 2. The van der Waals surface area contributed by atoms with E-state index in [1.54, 1.807) is 0 Å². The molecule has 1 unspecified atom stereocenters. The number of carbonyl (C=O) groups excluding carboxylic acids is 1. The maximum Gasteiger partial charge on any atom is 0.169 e. The zero-order chi connectivity index (χ0) is 48.8. The number of carbonyl (C=O) groups is 1. The highest BCUT2D eigenvalue weighted by Gasteiger charge is 2.54. The summed E-state index contributed by atoms with van der Waals surface area (Å²) in [5, 5.41) is 22.8. The normalized spacial score (nSPS) is 25.1. The standard InChI is InChI=1S/C68H62N2O2/c1-39(2)67-30-26-65(5,27-31-67)52-34-47-48-36-57-59(60-51-35-53-50(64(72)68(40(3)4)32-28-66(53,6)29-33-68)38-56(51)70(62(48)60)55(47)37-49(52)63(67)71)46-24-13-20-43-21-14-25-54(58(43)46)69(57)61-44(41-16-9-7-10-17-41)22-15-23-45(61)42-18-11-8-12-19-42/h7-25,34-40,64,72H,26-33H2,1-6H3. The van der Waals surface area contributed by atoms with Gasteiger partial charge in [0.1, 0.15) is 0 Å². The van der Waals surface area contributed by atoms with Crippen LogP contribution in [0.1, 0.15) is 126 Å². The minimum atomic E-state index is -0.571. The maximum atomic E-state index is 15.5. The molecule has 0 spiro atoms. The number of rotatable bonds is 5. The van der Waals surface area contributed by atoms with E-state index in [1.807, 2.05) is 0 Å². The molecule has 4 nitrogen and oxygen atoms in total. The van der Waals surface area contributed by atoms with Crippen molar-refractivity contribution in [3.63, 3.8) is 0 Å². The zero-order valence-electron chi connectivity index (χ0n) is 42.5. The van der Waals surface area contributed by atoms with E-state index in [4.69, 9.17) is 0 Å². The average molecular weight is 939 g/mol. The lowest BCUT2D eigenvalue weighted by Gasteiger charge is -2.46. The van der Waals surface area contributed by atoms with Gasteiger partial charge in [-0.25, -0.2) is 0 Å². The van der Waals surface area contributed by atoms with E-state index >= 15 is 4.79 Å². The molecule has 0 radical (unpaired) electrons. The lowest BCUT2D eigenvalue weighted by atomic mass is 9.60. The molecule has 356 valence electrons. The van der Waals surface area contributed by atoms with E-state index in [1.165, 1.54) is 87.5 Å². The van der Waals surface area contributed by atoms with Crippen molar-refractivity contribution in [3.8, 4) is 27.9 Å². The summed E-state index contributed by atoms with van der Waals surface area (Å²) in [6.45, 7) is 14.1. The minimum Gasteiger partial charge on any atom is -0.388 e.